The lowest BCUT2D eigenvalue weighted by Gasteiger charge is -2.39. The second-order valence-electron chi connectivity index (χ2n) is 4.80. The van der Waals surface area contributed by atoms with Gasteiger partial charge in [-0.15, -0.1) is 0 Å². The third kappa shape index (κ3) is 4.20. The average molecular weight is 260 g/mol. The molecule has 1 atom stereocenters. The van der Waals surface area contributed by atoms with Crippen molar-refractivity contribution < 1.29 is 14.3 Å². The summed E-state index contributed by atoms with van der Waals surface area (Å²) in [7, 11) is 0. The first-order valence-electron chi connectivity index (χ1n) is 5.66. The summed E-state index contributed by atoms with van der Waals surface area (Å²) >= 11 is 4.10. The molecule has 0 aromatic rings. The summed E-state index contributed by atoms with van der Waals surface area (Å²) < 4.78 is 5.54. The maximum atomic E-state index is 12.2. The van der Waals surface area contributed by atoms with Crippen LogP contribution in [-0.4, -0.2) is 53.8 Å². The van der Waals surface area contributed by atoms with Crippen LogP contribution >= 0.6 is 12.6 Å². The lowest BCUT2D eigenvalue weighted by Crippen LogP contribution is -2.56. The fourth-order valence-corrected chi connectivity index (χ4v) is 2.10. The van der Waals surface area contributed by atoms with Gasteiger partial charge in [-0.2, -0.15) is 12.6 Å². The second-order valence-corrected chi connectivity index (χ2v) is 5.17. The van der Waals surface area contributed by atoms with Gasteiger partial charge in [0.25, 0.3) is 0 Å². The minimum Gasteiger partial charge on any atom is -0.372 e. The van der Waals surface area contributed by atoms with E-state index in [4.69, 9.17) is 4.74 Å². The highest BCUT2D eigenvalue weighted by molar-refractivity contribution is 7.80. The predicted octanol–water partition coefficient (Wildman–Crippen LogP) is 0.0583. The number of morpholine rings is 1. The van der Waals surface area contributed by atoms with E-state index < -0.39 is 6.04 Å². The quantitative estimate of drug-likeness (QED) is 0.705. The molecule has 1 fully saturated rings. The van der Waals surface area contributed by atoms with Gasteiger partial charge in [0, 0.05) is 25.8 Å². The van der Waals surface area contributed by atoms with Crippen molar-refractivity contribution in [2.24, 2.45) is 0 Å². The molecule has 0 aromatic carbocycles. The monoisotopic (exact) mass is 260 g/mol. The molecule has 0 bridgehead atoms. The minimum atomic E-state index is -0.551. The molecule has 0 aromatic heterocycles. The van der Waals surface area contributed by atoms with Crippen LogP contribution in [0.3, 0.4) is 0 Å². The number of carbonyl (C=O) groups excluding carboxylic acids is 2. The highest BCUT2D eigenvalue weighted by Crippen LogP contribution is 2.17. The molecule has 6 heteroatoms. The molecule has 2 amide bonds. The summed E-state index contributed by atoms with van der Waals surface area (Å²) in [4.78, 5) is 24.9. The molecular weight excluding hydrogens is 240 g/mol. The molecule has 1 aliphatic heterocycles. The highest BCUT2D eigenvalue weighted by atomic mass is 32.1. The Morgan fingerprint density at radius 2 is 2.18 bits per heavy atom. The Kier molecular flexibility index (Phi) is 4.82. The number of nitrogens with zero attached hydrogens (tertiary/aromatic N) is 1. The molecule has 5 nitrogen and oxygen atoms in total. The molecular formula is C11H20N2O3S. The zero-order valence-electron chi connectivity index (χ0n) is 10.5. The summed E-state index contributed by atoms with van der Waals surface area (Å²) in [6.07, 6.45) is 0. The first-order valence-corrected chi connectivity index (χ1v) is 6.29. The van der Waals surface area contributed by atoms with Crippen molar-refractivity contribution in [1.29, 1.82) is 0 Å². The van der Waals surface area contributed by atoms with Crippen molar-refractivity contribution in [2.45, 2.75) is 32.4 Å². The smallest absolute Gasteiger partial charge is 0.246 e. The molecule has 1 rings (SSSR count). The zero-order chi connectivity index (χ0) is 13.1. The van der Waals surface area contributed by atoms with Gasteiger partial charge < -0.3 is 15.0 Å². The number of hydrogen-bond donors (Lipinski definition) is 2. The first kappa shape index (κ1) is 14.3. The van der Waals surface area contributed by atoms with Crippen LogP contribution in [0.4, 0.5) is 0 Å². The molecule has 1 N–H and O–H groups in total. The Bertz CT molecular complexity index is 307. The van der Waals surface area contributed by atoms with E-state index in [2.05, 4.69) is 17.9 Å². The largest absolute Gasteiger partial charge is 0.372 e. The normalized spacial score (nSPS) is 20.8. The maximum Gasteiger partial charge on any atom is 0.246 e. The lowest BCUT2D eigenvalue weighted by atomic mass is 10.1. The molecule has 1 aliphatic rings. The topological polar surface area (TPSA) is 58.6 Å². The first-order chi connectivity index (χ1) is 7.85. The Hall–Kier alpha value is -0.750. The third-order valence-electron chi connectivity index (χ3n) is 2.60. The average Bonchev–Trinajstić information content (AvgIpc) is 2.23. The van der Waals surface area contributed by atoms with Crippen LogP contribution < -0.4 is 5.32 Å². The molecule has 1 heterocycles. The molecule has 1 saturated heterocycles. The summed E-state index contributed by atoms with van der Waals surface area (Å²) in [5.41, 5.74) is -0.328. The molecule has 17 heavy (non-hydrogen) atoms. The van der Waals surface area contributed by atoms with Gasteiger partial charge in [-0.25, -0.2) is 0 Å². The van der Waals surface area contributed by atoms with Gasteiger partial charge in [-0.05, 0) is 13.8 Å². The number of nitrogens with one attached hydrogen (secondary N) is 1. The zero-order valence-corrected chi connectivity index (χ0v) is 11.4. The summed E-state index contributed by atoms with van der Waals surface area (Å²) in [5.74, 6) is -0.00702. The summed E-state index contributed by atoms with van der Waals surface area (Å²) in [6, 6.07) is -0.551. The van der Waals surface area contributed by atoms with Gasteiger partial charge in [0.05, 0.1) is 12.2 Å². The van der Waals surface area contributed by atoms with E-state index in [9.17, 15) is 9.59 Å². The van der Waals surface area contributed by atoms with E-state index >= 15 is 0 Å². The van der Waals surface area contributed by atoms with E-state index in [1.807, 2.05) is 13.8 Å². The number of hydrogen-bond acceptors (Lipinski definition) is 4. The van der Waals surface area contributed by atoms with Crippen molar-refractivity contribution >= 4 is 24.4 Å². The highest BCUT2D eigenvalue weighted by Gasteiger charge is 2.32. The van der Waals surface area contributed by atoms with Crippen LogP contribution in [0.2, 0.25) is 0 Å². The van der Waals surface area contributed by atoms with E-state index in [1.165, 1.54) is 6.92 Å². The van der Waals surface area contributed by atoms with E-state index in [-0.39, 0.29) is 17.4 Å². The van der Waals surface area contributed by atoms with Crippen molar-refractivity contribution in [1.82, 2.24) is 10.2 Å². The van der Waals surface area contributed by atoms with Gasteiger partial charge in [0.15, 0.2) is 0 Å². The number of amides is 2. The van der Waals surface area contributed by atoms with Crippen LogP contribution in [0.5, 0.6) is 0 Å². The Morgan fingerprint density at radius 1 is 1.53 bits per heavy atom. The SMILES string of the molecule is CC(=O)NC(CS)C(=O)N1CCOC(C)(C)C1. The minimum absolute atomic E-state index is 0.0911. The molecule has 0 aliphatic carbocycles. The van der Waals surface area contributed by atoms with Gasteiger partial charge in [0.1, 0.15) is 6.04 Å². The van der Waals surface area contributed by atoms with E-state index in [1.54, 1.807) is 4.90 Å². The maximum absolute atomic E-state index is 12.2. The predicted molar refractivity (Wildman–Crippen MR) is 68.1 cm³/mol. The Balaban J connectivity index is 2.64. The fraction of sp³-hybridized carbons (Fsp3) is 0.818. The van der Waals surface area contributed by atoms with Crippen molar-refractivity contribution in [3.63, 3.8) is 0 Å². The summed E-state index contributed by atoms with van der Waals surface area (Å²) in [5, 5.41) is 2.61. The van der Waals surface area contributed by atoms with Crippen LogP contribution in [-0.2, 0) is 14.3 Å². The van der Waals surface area contributed by atoms with E-state index in [0.29, 0.717) is 25.4 Å². The number of carbonyl (C=O) groups is 2. The Morgan fingerprint density at radius 3 is 2.65 bits per heavy atom. The lowest BCUT2D eigenvalue weighted by molar-refractivity contribution is -0.148. The Labute approximate surface area is 107 Å². The number of ether oxygens (including phenoxy) is 1. The van der Waals surface area contributed by atoms with Gasteiger partial charge in [-0.1, -0.05) is 0 Å². The van der Waals surface area contributed by atoms with Gasteiger partial charge in [-0.3, -0.25) is 9.59 Å². The van der Waals surface area contributed by atoms with Gasteiger partial charge >= 0.3 is 0 Å². The van der Waals surface area contributed by atoms with Crippen molar-refractivity contribution in [2.75, 3.05) is 25.4 Å². The standard InChI is InChI=1S/C11H20N2O3S/c1-8(14)12-9(6-17)10(15)13-4-5-16-11(2,3)7-13/h9,17H,4-7H2,1-3H3,(H,12,14). The molecule has 0 saturated carbocycles. The van der Waals surface area contributed by atoms with E-state index in [0.717, 1.165) is 0 Å². The van der Waals surface area contributed by atoms with Crippen LogP contribution in [0.15, 0.2) is 0 Å². The van der Waals surface area contributed by atoms with Crippen LogP contribution in [0, 0.1) is 0 Å². The van der Waals surface area contributed by atoms with Crippen molar-refractivity contribution in [3.8, 4) is 0 Å². The molecule has 0 radical (unpaired) electrons. The molecule has 98 valence electrons. The number of rotatable bonds is 3. The van der Waals surface area contributed by atoms with Crippen molar-refractivity contribution in [3.05, 3.63) is 0 Å². The third-order valence-corrected chi connectivity index (χ3v) is 2.96. The second kappa shape index (κ2) is 5.73. The van der Waals surface area contributed by atoms with Crippen LogP contribution in [0.25, 0.3) is 0 Å². The van der Waals surface area contributed by atoms with Crippen LogP contribution in [0.1, 0.15) is 20.8 Å². The van der Waals surface area contributed by atoms with Gasteiger partial charge in [0.2, 0.25) is 11.8 Å². The molecule has 0 spiro atoms. The number of thiol groups is 1. The fourth-order valence-electron chi connectivity index (χ4n) is 1.86. The summed E-state index contributed by atoms with van der Waals surface area (Å²) in [6.45, 7) is 6.91. The molecule has 1 unspecified atom stereocenters.